The molecular weight excluding hydrogens is 467 g/mol. The van der Waals surface area contributed by atoms with E-state index in [1.807, 2.05) is 0 Å². The Morgan fingerprint density at radius 1 is 1.06 bits per heavy atom. The number of halogens is 3. The van der Waals surface area contributed by atoms with Gasteiger partial charge < -0.3 is 10.6 Å². The predicted molar refractivity (Wildman–Crippen MR) is 112 cm³/mol. The Bertz CT molecular complexity index is 1080. The number of nitriles is 1. The van der Waals surface area contributed by atoms with E-state index in [1.54, 1.807) is 24.3 Å². The molecule has 0 heterocycles. The molecule has 1 atom stereocenters. The SMILES string of the molecule is N#CCNC(=O)C(CS(=O)(=O)Cc1ccc(SC(F)(F)F)cc1)NC(=O)c1ccccc1. The van der Waals surface area contributed by atoms with Crippen LogP contribution in [0.25, 0.3) is 0 Å². The Morgan fingerprint density at radius 3 is 2.25 bits per heavy atom. The third kappa shape index (κ3) is 8.60. The normalized spacial score (nSPS) is 12.4. The molecule has 2 aromatic carbocycles. The van der Waals surface area contributed by atoms with E-state index in [9.17, 15) is 31.2 Å². The van der Waals surface area contributed by atoms with Crippen LogP contribution in [0, 0.1) is 11.3 Å². The van der Waals surface area contributed by atoms with Gasteiger partial charge in [0.1, 0.15) is 12.6 Å². The molecule has 12 heteroatoms. The molecule has 1 unspecified atom stereocenters. The maximum absolute atomic E-state index is 12.6. The van der Waals surface area contributed by atoms with Crippen molar-refractivity contribution in [3.8, 4) is 6.07 Å². The minimum atomic E-state index is -4.46. The van der Waals surface area contributed by atoms with Gasteiger partial charge in [-0.1, -0.05) is 30.3 Å². The minimum Gasteiger partial charge on any atom is -0.341 e. The summed E-state index contributed by atoms with van der Waals surface area (Å²) in [6.07, 6.45) is 0. The molecule has 0 aromatic heterocycles. The summed E-state index contributed by atoms with van der Waals surface area (Å²) in [6.45, 7) is -0.380. The van der Waals surface area contributed by atoms with Crippen LogP contribution in [0.2, 0.25) is 0 Å². The van der Waals surface area contributed by atoms with Crippen LogP contribution in [-0.2, 0) is 20.4 Å². The molecule has 0 aliphatic carbocycles. The lowest BCUT2D eigenvalue weighted by atomic mass is 10.2. The Kier molecular flexibility index (Phi) is 8.68. The molecule has 0 saturated carbocycles. The van der Waals surface area contributed by atoms with Crippen molar-refractivity contribution in [3.05, 3.63) is 65.7 Å². The van der Waals surface area contributed by atoms with Gasteiger partial charge in [0.25, 0.3) is 5.91 Å². The molecule has 0 spiro atoms. The van der Waals surface area contributed by atoms with Gasteiger partial charge in [-0.25, -0.2) is 8.42 Å². The van der Waals surface area contributed by atoms with Gasteiger partial charge in [-0.2, -0.15) is 18.4 Å². The number of thioether (sulfide) groups is 1. The Morgan fingerprint density at radius 2 is 1.69 bits per heavy atom. The van der Waals surface area contributed by atoms with Crippen molar-refractivity contribution in [2.75, 3.05) is 12.3 Å². The quantitative estimate of drug-likeness (QED) is 0.417. The fourth-order valence-electron chi connectivity index (χ4n) is 2.62. The van der Waals surface area contributed by atoms with E-state index < -0.39 is 44.7 Å². The molecule has 0 radical (unpaired) electrons. The Balaban J connectivity index is 2.13. The standard InChI is InChI=1S/C20H18F3N3O4S2/c21-20(22,23)31-16-8-6-14(7-9-16)12-32(29,30)13-17(19(28)25-11-10-24)26-18(27)15-4-2-1-3-5-15/h1-9,17H,11-13H2,(H,25,28)(H,26,27). The molecule has 0 aliphatic heterocycles. The zero-order valence-electron chi connectivity index (χ0n) is 16.4. The molecule has 7 nitrogen and oxygen atoms in total. The molecule has 0 aliphatic rings. The summed E-state index contributed by atoms with van der Waals surface area (Å²) in [6, 6.07) is 12.8. The molecule has 32 heavy (non-hydrogen) atoms. The van der Waals surface area contributed by atoms with Crippen LogP contribution in [0.1, 0.15) is 15.9 Å². The maximum atomic E-state index is 12.6. The molecule has 2 amide bonds. The van der Waals surface area contributed by atoms with Gasteiger partial charge in [0.15, 0.2) is 9.84 Å². The van der Waals surface area contributed by atoms with Crippen LogP contribution in [0.15, 0.2) is 59.5 Å². The number of carbonyl (C=O) groups excluding carboxylic acids is 2. The number of alkyl halides is 3. The second kappa shape index (κ2) is 11.0. The first kappa shape index (κ1) is 25.2. The third-order valence-corrected chi connectivity index (χ3v) is 6.32. The van der Waals surface area contributed by atoms with Gasteiger partial charge in [-0.05, 0) is 41.6 Å². The highest BCUT2D eigenvalue weighted by atomic mass is 32.2. The number of sulfone groups is 1. The van der Waals surface area contributed by atoms with Crippen molar-refractivity contribution in [1.29, 1.82) is 5.26 Å². The van der Waals surface area contributed by atoms with E-state index in [0.29, 0.717) is 0 Å². The average Bonchev–Trinajstić information content (AvgIpc) is 2.72. The number of benzene rings is 2. The second-order valence-corrected chi connectivity index (χ2v) is 9.76. The van der Waals surface area contributed by atoms with Crippen molar-refractivity contribution in [2.45, 2.75) is 22.2 Å². The highest BCUT2D eigenvalue weighted by molar-refractivity contribution is 8.00. The predicted octanol–water partition coefficient (Wildman–Crippen LogP) is 2.65. The van der Waals surface area contributed by atoms with E-state index in [0.717, 1.165) is 12.1 Å². The zero-order valence-corrected chi connectivity index (χ0v) is 18.1. The van der Waals surface area contributed by atoms with Crippen LogP contribution >= 0.6 is 11.8 Å². The summed E-state index contributed by atoms with van der Waals surface area (Å²) >= 11 is -0.322. The van der Waals surface area contributed by atoms with Crippen molar-refractivity contribution in [3.63, 3.8) is 0 Å². The molecule has 2 rings (SSSR count). The van der Waals surface area contributed by atoms with Crippen molar-refractivity contribution in [1.82, 2.24) is 10.6 Å². The van der Waals surface area contributed by atoms with Crippen molar-refractivity contribution < 1.29 is 31.2 Å². The summed E-state index contributed by atoms with van der Waals surface area (Å²) in [4.78, 5) is 24.6. The highest BCUT2D eigenvalue weighted by Crippen LogP contribution is 2.36. The van der Waals surface area contributed by atoms with E-state index in [-0.39, 0.29) is 34.3 Å². The summed E-state index contributed by atoms with van der Waals surface area (Å²) in [5, 5.41) is 13.2. The number of hydrogen-bond acceptors (Lipinski definition) is 6. The molecule has 2 aromatic rings. The van der Waals surface area contributed by atoms with E-state index >= 15 is 0 Å². The zero-order chi connectivity index (χ0) is 23.8. The van der Waals surface area contributed by atoms with Gasteiger partial charge in [-0.3, -0.25) is 9.59 Å². The lowest BCUT2D eigenvalue weighted by Crippen LogP contribution is -2.50. The summed E-state index contributed by atoms with van der Waals surface area (Å²) < 4.78 is 62.5. The van der Waals surface area contributed by atoms with Gasteiger partial charge in [-0.15, -0.1) is 0 Å². The maximum Gasteiger partial charge on any atom is 0.446 e. The van der Waals surface area contributed by atoms with Crippen molar-refractivity contribution in [2.24, 2.45) is 0 Å². The van der Waals surface area contributed by atoms with E-state index in [1.165, 1.54) is 24.3 Å². The van der Waals surface area contributed by atoms with Crippen LogP contribution in [-0.4, -0.2) is 44.1 Å². The summed E-state index contributed by atoms with van der Waals surface area (Å²) in [5.74, 6) is -2.84. The fourth-order valence-corrected chi connectivity index (χ4v) is 4.72. The van der Waals surface area contributed by atoms with E-state index in [4.69, 9.17) is 5.26 Å². The number of amides is 2. The Hall–Kier alpha value is -3.04. The first-order chi connectivity index (χ1) is 15.0. The second-order valence-electron chi connectivity index (χ2n) is 6.51. The molecule has 2 N–H and O–H groups in total. The van der Waals surface area contributed by atoms with Crippen LogP contribution in [0.3, 0.4) is 0 Å². The van der Waals surface area contributed by atoms with Gasteiger partial charge in [0.05, 0.1) is 17.6 Å². The number of nitrogens with one attached hydrogen (secondary N) is 2. The van der Waals surface area contributed by atoms with Crippen LogP contribution < -0.4 is 10.6 Å². The molecule has 0 fully saturated rings. The van der Waals surface area contributed by atoms with E-state index in [2.05, 4.69) is 10.6 Å². The summed E-state index contributed by atoms with van der Waals surface area (Å²) in [5.41, 5.74) is -4.03. The van der Waals surface area contributed by atoms with Crippen LogP contribution in [0.4, 0.5) is 13.2 Å². The lowest BCUT2D eigenvalue weighted by Gasteiger charge is -2.18. The highest BCUT2D eigenvalue weighted by Gasteiger charge is 2.30. The molecule has 0 bridgehead atoms. The fraction of sp³-hybridized carbons (Fsp3) is 0.250. The topological polar surface area (TPSA) is 116 Å². The molecule has 170 valence electrons. The molecular formula is C20H18F3N3O4S2. The number of rotatable bonds is 9. The third-order valence-electron chi connectivity index (χ3n) is 3.96. The first-order valence-electron chi connectivity index (χ1n) is 9.05. The number of nitrogens with zero attached hydrogens (tertiary/aromatic N) is 1. The largest absolute Gasteiger partial charge is 0.446 e. The Labute approximate surface area is 186 Å². The monoisotopic (exact) mass is 485 g/mol. The van der Waals surface area contributed by atoms with Crippen LogP contribution in [0.5, 0.6) is 0 Å². The smallest absolute Gasteiger partial charge is 0.341 e. The number of carbonyl (C=O) groups is 2. The van der Waals surface area contributed by atoms with Gasteiger partial charge >= 0.3 is 5.51 Å². The average molecular weight is 486 g/mol. The molecule has 0 saturated heterocycles. The minimum absolute atomic E-state index is 0.0949. The summed E-state index contributed by atoms with van der Waals surface area (Å²) in [7, 11) is -3.97. The number of hydrogen-bond donors (Lipinski definition) is 2. The van der Waals surface area contributed by atoms with Gasteiger partial charge in [0.2, 0.25) is 5.91 Å². The van der Waals surface area contributed by atoms with Crippen molar-refractivity contribution >= 4 is 33.4 Å². The van der Waals surface area contributed by atoms with Gasteiger partial charge in [0, 0.05) is 10.5 Å². The lowest BCUT2D eigenvalue weighted by molar-refractivity contribution is -0.122. The first-order valence-corrected chi connectivity index (χ1v) is 11.7.